The van der Waals surface area contributed by atoms with Crippen LogP contribution in [0.4, 0.5) is 24.5 Å². The summed E-state index contributed by atoms with van der Waals surface area (Å²) in [4.78, 5) is 18.5. The number of rotatable bonds is 6. The summed E-state index contributed by atoms with van der Waals surface area (Å²) in [5, 5.41) is 25.4. The Morgan fingerprint density at radius 2 is 1.66 bits per heavy atom. The number of benzene rings is 2. The van der Waals surface area contributed by atoms with Crippen molar-refractivity contribution in [1.29, 1.82) is 0 Å². The number of H-pyrrole nitrogens is 1. The van der Waals surface area contributed by atoms with Crippen LogP contribution in [0.1, 0.15) is 15.9 Å². The van der Waals surface area contributed by atoms with Crippen LogP contribution in [0.3, 0.4) is 0 Å². The minimum atomic E-state index is -4.43. The second kappa shape index (κ2) is 8.23. The first-order valence-electron chi connectivity index (χ1n) is 9.41. The van der Waals surface area contributed by atoms with Crippen molar-refractivity contribution in [3.8, 4) is 11.3 Å². The van der Waals surface area contributed by atoms with Gasteiger partial charge in [0.1, 0.15) is 5.65 Å². The van der Waals surface area contributed by atoms with E-state index in [4.69, 9.17) is 5.11 Å². The fourth-order valence-electron chi connectivity index (χ4n) is 3.17. The highest BCUT2D eigenvalue weighted by molar-refractivity contribution is 5.92. The zero-order valence-corrected chi connectivity index (χ0v) is 16.3. The molecule has 0 fully saturated rings. The summed E-state index contributed by atoms with van der Waals surface area (Å²) in [6.07, 6.45) is -4.09. The second-order valence-electron chi connectivity index (χ2n) is 6.94. The molecule has 32 heavy (non-hydrogen) atoms. The number of aliphatic hydroxyl groups excluding tert-OH is 1. The van der Waals surface area contributed by atoms with E-state index in [1.165, 1.54) is 24.3 Å². The number of hydrogen-bond acceptors (Lipinski definition) is 5. The second-order valence-corrected chi connectivity index (χ2v) is 6.94. The third kappa shape index (κ3) is 4.49. The van der Waals surface area contributed by atoms with E-state index >= 15 is 0 Å². The molecule has 0 saturated carbocycles. The van der Waals surface area contributed by atoms with Crippen molar-refractivity contribution in [1.82, 2.24) is 9.97 Å². The van der Waals surface area contributed by atoms with Gasteiger partial charge in [-0.15, -0.1) is 0 Å². The number of aromatic amines is 1. The normalized spacial score (nSPS) is 12.5. The van der Waals surface area contributed by atoms with E-state index in [0.717, 1.165) is 17.7 Å². The summed E-state index contributed by atoms with van der Waals surface area (Å²) in [7, 11) is 0. The fourth-order valence-corrected chi connectivity index (χ4v) is 3.17. The lowest BCUT2D eigenvalue weighted by Gasteiger charge is -2.17. The Morgan fingerprint density at radius 1 is 0.969 bits per heavy atom. The van der Waals surface area contributed by atoms with Crippen LogP contribution in [0.15, 0.2) is 66.9 Å². The Morgan fingerprint density at radius 3 is 2.28 bits per heavy atom. The van der Waals surface area contributed by atoms with Gasteiger partial charge in [0, 0.05) is 22.8 Å². The predicted octanol–water partition coefficient (Wildman–Crippen LogP) is 4.75. The lowest BCUT2D eigenvalue weighted by Crippen LogP contribution is -2.27. The number of aliphatic hydroxyl groups is 1. The first-order chi connectivity index (χ1) is 15.2. The van der Waals surface area contributed by atoms with Crippen LogP contribution in [-0.2, 0) is 6.18 Å². The van der Waals surface area contributed by atoms with Crippen molar-refractivity contribution in [2.24, 2.45) is 0 Å². The van der Waals surface area contributed by atoms with Gasteiger partial charge in [0.2, 0.25) is 6.35 Å². The quantitative estimate of drug-likeness (QED) is 0.276. The van der Waals surface area contributed by atoms with Gasteiger partial charge in [-0.3, -0.25) is 0 Å². The minimum Gasteiger partial charge on any atom is -0.478 e. The molecule has 0 aliphatic heterocycles. The van der Waals surface area contributed by atoms with E-state index in [2.05, 4.69) is 20.6 Å². The first-order valence-corrected chi connectivity index (χ1v) is 9.41. The summed E-state index contributed by atoms with van der Waals surface area (Å²) in [5.41, 5.74) is 2.15. The highest BCUT2D eigenvalue weighted by Gasteiger charge is 2.30. The van der Waals surface area contributed by atoms with E-state index in [0.29, 0.717) is 28.1 Å². The first kappa shape index (κ1) is 21.2. The number of nitrogens with zero attached hydrogens (tertiary/aromatic N) is 1. The maximum absolute atomic E-state index is 12.7. The van der Waals surface area contributed by atoms with Crippen LogP contribution >= 0.6 is 0 Å². The maximum atomic E-state index is 12.7. The molecule has 2 heterocycles. The highest BCUT2D eigenvalue weighted by Crippen LogP contribution is 2.30. The number of carbonyl (C=O) groups is 1. The molecule has 4 aromatic rings. The molecule has 0 radical (unpaired) electrons. The molecule has 0 amide bonds. The Kier molecular flexibility index (Phi) is 5.45. The number of pyridine rings is 1. The average Bonchev–Trinajstić information content (AvgIpc) is 3.15. The van der Waals surface area contributed by atoms with Crippen LogP contribution in [0.2, 0.25) is 0 Å². The molecule has 1 atom stereocenters. The number of anilines is 2. The van der Waals surface area contributed by atoms with Crippen LogP contribution in [0, 0.1) is 0 Å². The summed E-state index contributed by atoms with van der Waals surface area (Å²) in [6.45, 7) is 0. The molecule has 7 nitrogen and oxygen atoms in total. The van der Waals surface area contributed by atoms with E-state index < -0.39 is 24.1 Å². The minimum absolute atomic E-state index is 0.177. The Hall–Kier alpha value is -4.05. The third-order valence-electron chi connectivity index (χ3n) is 4.77. The monoisotopic (exact) mass is 442 g/mol. The number of aromatic nitrogens is 2. The molecule has 2 aromatic heterocycles. The van der Waals surface area contributed by atoms with E-state index in [1.807, 2.05) is 0 Å². The third-order valence-corrected chi connectivity index (χ3v) is 4.77. The number of alkyl halides is 3. The molecule has 1 unspecified atom stereocenters. The van der Waals surface area contributed by atoms with Gasteiger partial charge < -0.3 is 25.8 Å². The molecule has 2 aromatic carbocycles. The van der Waals surface area contributed by atoms with Gasteiger partial charge in [-0.1, -0.05) is 12.1 Å². The number of fused-ring (bicyclic) bond motifs is 1. The van der Waals surface area contributed by atoms with Crippen molar-refractivity contribution in [2.75, 3.05) is 10.6 Å². The van der Waals surface area contributed by atoms with Gasteiger partial charge in [0.05, 0.1) is 22.5 Å². The van der Waals surface area contributed by atoms with Crippen LogP contribution in [0.25, 0.3) is 22.3 Å². The van der Waals surface area contributed by atoms with Gasteiger partial charge in [0.15, 0.2) is 0 Å². The van der Waals surface area contributed by atoms with Crippen molar-refractivity contribution >= 4 is 28.4 Å². The van der Waals surface area contributed by atoms with Gasteiger partial charge in [-0.05, 0) is 48.5 Å². The topological polar surface area (TPSA) is 110 Å². The van der Waals surface area contributed by atoms with E-state index in [-0.39, 0.29) is 5.56 Å². The molecule has 0 spiro atoms. The lowest BCUT2D eigenvalue weighted by molar-refractivity contribution is -0.137. The molecule has 0 aliphatic rings. The molecule has 0 saturated heterocycles. The number of nitrogens with one attached hydrogen (secondary N) is 3. The van der Waals surface area contributed by atoms with E-state index in [9.17, 15) is 23.1 Å². The SMILES string of the molecule is O=C(O)c1ccc(-c2ccc3c(NC(O)Nc4ccc(C(F)(F)F)cc4)c[nH]c3n2)cc1. The van der Waals surface area contributed by atoms with Crippen molar-refractivity contribution < 1.29 is 28.2 Å². The molecule has 5 N–H and O–H groups in total. The fraction of sp³-hybridized carbons (Fsp3) is 0.0909. The van der Waals surface area contributed by atoms with Crippen LogP contribution < -0.4 is 10.6 Å². The summed E-state index contributed by atoms with van der Waals surface area (Å²) in [6, 6.07) is 14.2. The number of carboxylic acids is 1. The highest BCUT2D eigenvalue weighted by atomic mass is 19.4. The summed E-state index contributed by atoms with van der Waals surface area (Å²) in [5.74, 6) is -1.01. The zero-order valence-electron chi connectivity index (χ0n) is 16.3. The van der Waals surface area contributed by atoms with Gasteiger partial charge in [0.25, 0.3) is 0 Å². The van der Waals surface area contributed by atoms with Crippen LogP contribution in [0.5, 0.6) is 0 Å². The van der Waals surface area contributed by atoms with Crippen molar-refractivity contribution in [2.45, 2.75) is 12.5 Å². The number of carboxylic acid groups (broad SMARTS) is 1. The zero-order chi connectivity index (χ0) is 22.9. The molecular formula is C22H17F3N4O3. The molecule has 164 valence electrons. The number of halogens is 3. The lowest BCUT2D eigenvalue weighted by atomic mass is 10.1. The summed E-state index contributed by atoms with van der Waals surface area (Å²) >= 11 is 0. The Bertz CT molecular complexity index is 1250. The standard InChI is InChI=1S/C22H17F3N4O3/c23-22(24,25)14-5-7-15(8-6-14)27-21(32)29-18-11-26-19-16(18)9-10-17(28-19)12-1-3-13(4-2-12)20(30)31/h1-11,21,27,29,32H,(H,26,28)(H,30,31). The van der Waals surface area contributed by atoms with Gasteiger partial charge >= 0.3 is 12.1 Å². The Balaban J connectivity index is 1.47. The Labute approximate surface area is 179 Å². The molecule has 0 aliphatic carbocycles. The van der Waals surface area contributed by atoms with Crippen molar-refractivity contribution in [3.05, 3.63) is 78.0 Å². The molecule has 4 rings (SSSR count). The van der Waals surface area contributed by atoms with Gasteiger partial charge in [-0.2, -0.15) is 13.2 Å². The van der Waals surface area contributed by atoms with Crippen molar-refractivity contribution in [3.63, 3.8) is 0 Å². The maximum Gasteiger partial charge on any atom is 0.416 e. The largest absolute Gasteiger partial charge is 0.478 e. The smallest absolute Gasteiger partial charge is 0.416 e. The number of aromatic carboxylic acids is 1. The van der Waals surface area contributed by atoms with Gasteiger partial charge in [-0.25, -0.2) is 9.78 Å². The predicted molar refractivity (Wildman–Crippen MR) is 113 cm³/mol. The average molecular weight is 442 g/mol. The molecular weight excluding hydrogens is 425 g/mol. The number of hydrogen-bond donors (Lipinski definition) is 5. The molecule has 10 heteroatoms. The summed E-state index contributed by atoms with van der Waals surface area (Å²) < 4.78 is 38.0. The van der Waals surface area contributed by atoms with Crippen LogP contribution in [-0.4, -0.2) is 32.5 Å². The molecule has 0 bridgehead atoms. The van der Waals surface area contributed by atoms with E-state index in [1.54, 1.807) is 30.5 Å².